The predicted molar refractivity (Wildman–Crippen MR) is 159 cm³/mol. The van der Waals surface area contributed by atoms with Gasteiger partial charge in [0.15, 0.2) is 0 Å². The molecule has 8 rings (SSSR count). The third-order valence-corrected chi connectivity index (χ3v) is 8.86. The van der Waals surface area contributed by atoms with Crippen molar-refractivity contribution in [1.29, 1.82) is 0 Å². The topological polar surface area (TPSA) is 31.6 Å². The fourth-order valence-corrected chi connectivity index (χ4v) is 6.19. The van der Waals surface area contributed by atoms with Gasteiger partial charge in [0.25, 0.3) is 0 Å². The van der Waals surface area contributed by atoms with Gasteiger partial charge in [-0.3, -0.25) is 0 Å². The molecule has 1 fully saturated rings. The fraction of sp³-hybridized carbons (Fsp3) is 0.176. The average Bonchev–Trinajstić information content (AvgIpc) is 3.40. The summed E-state index contributed by atoms with van der Waals surface area (Å²) in [6, 6.07) is 32.6. The highest BCUT2D eigenvalue weighted by Crippen LogP contribution is 2.42. The first-order valence-electron chi connectivity index (χ1n) is 13.3. The molecule has 0 radical (unpaired) electrons. The quantitative estimate of drug-likeness (QED) is 0.169. The molecule has 1 aliphatic heterocycles. The second kappa shape index (κ2) is 7.38. The molecular formula is C34H27BO3. The van der Waals surface area contributed by atoms with Crippen LogP contribution in [0.15, 0.2) is 95.4 Å². The van der Waals surface area contributed by atoms with Crippen LogP contribution in [0.25, 0.3) is 65.0 Å². The molecule has 6 aromatic carbocycles. The first-order chi connectivity index (χ1) is 18.3. The third-order valence-electron chi connectivity index (χ3n) is 8.86. The summed E-state index contributed by atoms with van der Waals surface area (Å²) in [5.74, 6) is 0. The molecule has 0 N–H and O–H groups in total. The van der Waals surface area contributed by atoms with Crippen molar-refractivity contribution in [2.24, 2.45) is 0 Å². The van der Waals surface area contributed by atoms with E-state index in [0.717, 1.165) is 32.8 Å². The van der Waals surface area contributed by atoms with Crippen molar-refractivity contribution in [3.63, 3.8) is 0 Å². The highest BCUT2D eigenvalue weighted by molar-refractivity contribution is 6.65. The molecule has 1 aliphatic rings. The Morgan fingerprint density at radius 3 is 1.63 bits per heavy atom. The van der Waals surface area contributed by atoms with Gasteiger partial charge in [0.2, 0.25) is 0 Å². The molecule has 0 unspecified atom stereocenters. The van der Waals surface area contributed by atoms with Gasteiger partial charge in [-0.15, -0.1) is 0 Å². The van der Waals surface area contributed by atoms with E-state index < -0.39 is 18.3 Å². The average molecular weight is 494 g/mol. The van der Waals surface area contributed by atoms with Crippen LogP contribution >= 0.6 is 0 Å². The maximum atomic E-state index is 6.75. The maximum Gasteiger partial charge on any atom is 0.498 e. The normalized spacial score (nSPS) is 17.1. The summed E-state index contributed by atoms with van der Waals surface area (Å²) in [7, 11) is -0.510. The smallest absolute Gasteiger partial charge is 0.456 e. The van der Waals surface area contributed by atoms with Crippen molar-refractivity contribution < 1.29 is 13.7 Å². The Kier molecular flexibility index (Phi) is 4.30. The molecule has 7 aromatic rings. The predicted octanol–water partition coefficient (Wildman–Crippen LogP) is 8.50. The van der Waals surface area contributed by atoms with Crippen LogP contribution in [-0.4, -0.2) is 18.3 Å². The molecule has 0 bridgehead atoms. The lowest BCUT2D eigenvalue weighted by molar-refractivity contribution is 0.00578. The van der Waals surface area contributed by atoms with Crippen LogP contribution in [0.5, 0.6) is 0 Å². The van der Waals surface area contributed by atoms with E-state index in [9.17, 15) is 0 Å². The standard InChI is InChI=1S/C34H27BO3/c1-33(2)34(3,4)38-35(37-33)29-17-20-11-5-6-12-21(20)31-28-18-26-24-15-9-7-13-22(24)23-14-8-10-16-25(23)27(26)19-30(28)36-32(29)31/h5-19H,1-4H3. The first-order valence-corrected chi connectivity index (χ1v) is 13.3. The zero-order valence-corrected chi connectivity index (χ0v) is 22.0. The number of furan rings is 1. The van der Waals surface area contributed by atoms with E-state index >= 15 is 0 Å². The highest BCUT2D eigenvalue weighted by Gasteiger charge is 2.52. The Bertz CT molecular complexity index is 2080. The number of rotatable bonds is 1. The van der Waals surface area contributed by atoms with Crippen molar-refractivity contribution in [2.45, 2.75) is 38.9 Å². The van der Waals surface area contributed by atoms with Crippen molar-refractivity contribution in [3.05, 3.63) is 91.0 Å². The van der Waals surface area contributed by atoms with E-state index in [1.54, 1.807) is 0 Å². The zero-order chi connectivity index (χ0) is 25.8. The number of hydrogen-bond donors (Lipinski definition) is 0. The van der Waals surface area contributed by atoms with Crippen LogP contribution in [0, 0.1) is 0 Å². The van der Waals surface area contributed by atoms with Gasteiger partial charge in [-0.05, 0) is 82.9 Å². The summed E-state index contributed by atoms with van der Waals surface area (Å²) in [6.07, 6.45) is 0. The molecule has 0 spiro atoms. The molecular weight excluding hydrogens is 467 g/mol. The summed E-state index contributed by atoms with van der Waals surface area (Å²) in [6.45, 7) is 8.36. The van der Waals surface area contributed by atoms with E-state index in [1.165, 1.54) is 37.7 Å². The molecule has 2 heterocycles. The lowest BCUT2D eigenvalue weighted by Crippen LogP contribution is -2.41. The SMILES string of the molecule is CC1(C)OB(c2cc3ccccc3c3c2oc2cc4c5ccccc5c5ccccc5c4cc23)OC1(C)C. The minimum atomic E-state index is -0.510. The van der Waals surface area contributed by atoms with Crippen LogP contribution in [0.3, 0.4) is 0 Å². The van der Waals surface area contributed by atoms with Gasteiger partial charge in [-0.2, -0.15) is 0 Å². The minimum Gasteiger partial charge on any atom is -0.456 e. The van der Waals surface area contributed by atoms with Gasteiger partial charge in [-0.1, -0.05) is 78.9 Å². The highest BCUT2D eigenvalue weighted by atomic mass is 16.7. The minimum absolute atomic E-state index is 0.436. The second-order valence-electron chi connectivity index (χ2n) is 11.6. The lowest BCUT2D eigenvalue weighted by Gasteiger charge is -2.32. The third kappa shape index (κ3) is 2.87. The monoisotopic (exact) mass is 494 g/mol. The van der Waals surface area contributed by atoms with E-state index in [2.05, 4.69) is 119 Å². The molecule has 3 nitrogen and oxygen atoms in total. The van der Waals surface area contributed by atoms with Crippen LogP contribution in [0.1, 0.15) is 27.7 Å². The molecule has 1 aromatic heterocycles. The number of hydrogen-bond acceptors (Lipinski definition) is 3. The van der Waals surface area contributed by atoms with Crippen LogP contribution < -0.4 is 5.46 Å². The van der Waals surface area contributed by atoms with Crippen LogP contribution in [0.2, 0.25) is 0 Å². The molecule has 1 saturated heterocycles. The molecule has 0 saturated carbocycles. The van der Waals surface area contributed by atoms with E-state index in [4.69, 9.17) is 13.7 Å². The summed E-state index contributed by atoms with van der Waals surface area (Å²) in [5.41, 5.74) is 1.78. The van der Waals surface area contributed by atoms with Crippen molar-refractivity contribution in [2.75, 3.05) is 0 Å². The van der Waals surface area contributed by atoms with E-state index in [0.29, 0.717) is 0 Å². The van der Waals surface area contributed by atoms with Gasteiger partial charge < -0.3 is 13.7 Å². The number of fused-ring (bicyclic) bond motifs is 11. The summed E-state index contributed by atoms with van der Waals surface area (Å²) in [4.78, 5) is 0. The van der Waals surface area contributed by atoms with Gasteiger partial charge in [0.1, 0.15) is 11.2 Å². The second-order valence-corrected chi connectivity index (χ2v) is 11.6. The summed E-state index contributed by atoms with van der Waals surface area (Å²) < 4.78 is 19.8. The molecule has 0 amide bonds. The maximum absolute atomic E-state index is 6.75. The molecule has 0 atom stereocenters. The van der Waals surface area contributed by atoms with Gasteiger partial charge >= 0.3 is 7.12 Å². The van der Waals surface area contributed by atoms with E-state index in [1.807, 2.05) is 0 Å². The van der Waals surface area contributed by atoms with Crippen molar-refractivity contribution >= 4 is 77.6 Å². The van der Waals surface area contributed by atoms with Crippen molar-refractivity contribution in [1.82, 2.24) is 0 Å². The lowest BCUT2D eigenvalue weighted by atomic mass is 9.76. The number of benzene rings is 6. The van der Waals surface area contributed by atoms with E-state index in [-0.39, 0.29) is 0 Å². The summed E-state index contributed by atoms with van der Waals surface area (Å²) in [5, 5.41) is 12.0. The molecule has 0 aliphatic carbocycles. The molecule has 184 valence electrons. The largest absolute Gasteiger partial charge is 0.498 e. The molecule has 4 heteroatoms. The zero-order valence-electron chi connectivity index (χ0n) is 22.0. The Morgan fingerprint density at radius 1 is 0.526 bits per heavy atom. The Labute approximate surface area is 221 Å². The first kappa shape index (κ1) is 22.2. The Hall–Kier alpha value is -3.86. The Morgan fingerprint density at radius 2 is 1.03 bits per heavy atom. The van der Waals surface area contributed by atoms with Gasteiger partial charge in [0.05, 0.1) is 11.2 Å². The van der Waals surface area contributed by atoms with Crippen LogP contribution in [-0.2, 0) is 9.31 Å². The summed E-state index contributed by atoms with van der Waals surface area (Å²) >= 11 is 0. The van der Waals surface area contributed by atoms with Crippen molar-refractivity contribution in [3.8, 4) is 0 Å². The van der Waals surface area contributed by atoms with Crippen LogP contribution in [0.4, 0.5) is 0 Å². The van der Waals surface area contributed by atoms with Gasteiger partial charge in [-0.25, -0.2) is 0 Å². The fourth-order valence-electron chi connectivity index (χ4n) is 6.19. The Balaban J connectivity index is 1.53. The van der Waals surface area contributed by atoms with Gasteiger partial charge in [0, 0.05) is 16.2 Å². The molecule has 38 heavy (non-hydrogen) atoms.